The van der Waals surface area contributed by atoms with Crippen LogP contribution in [0.1, 0.15) is 0 Å². The highest BCUT2D eigenvalue weighted by molar-refractivity contribution is 6.09. The maximum atomic E-state index is 7.08. The van der Waals surface area contributed by atoms with Crippen molar-refractivity contribution in [2.45, 2.75) is 0 Å². The van der Waals surface area contributed by atoms with E-state index in [1.54, 1.807) is 0 Å². The van der Waals surface area contributed by atoms with E-state index in [9.17, 15) is 0 Å². The van der Waals surface area contributed by atoms with Crippen molar-refractivity contribution >= 4 is 54.5 Å². The zero-order chi connectivity index (χ0) is 36.2. The highest BCUT2D eigenvalue weighted by Gasteiger charge is 2.23. The molecule has 4 N–H and O–H groups in total. The topological polar surface area (TPSA) is 52.0 Å². The molecule has 0 fully saturated rings. The van der Waals surface area contributed by atoms with Crippen LogP contribution in [0.25, 0.3) is 98.7 Å². The minimum atomic E-state index is 0.731. The Labute approximate surface area is 314 Å². The smallest absolute Gasteiger partial charge is 0.0400 e. The molecule has 54 heavy (non-hydrogen) atoms. The van der Waals surface area contributed by atoms with Gasteiger partial charge in [0.2, 0.25) is 0 Å². The molecule has 0 saturated heterocycles. The number of nitrogen functional groups attached to an aromatic ring is 2. The number of benzene rings is 10. The van der Waals surface area contributed by atoms with Crippen LogP contribution in [-0.2, 0) is 0 Å². The number of hydrogen-bond acceptors (Lipinski definition) is 2. The third-order valence-corrected chi connectivity index (χ3v) is 10.9. The normalized spacial score (nSPS) is 11.5. The van der Waals surface area contributed by atoms with Crippen LogP contribution in [0.15, 0.2) is 194 Å². The Hall–Kier alpha value is -7.16. The molecule has 0 radical (unpaired) electrons. The second-order valence-corrected chi connectivity index (χ2v) is 14.2. The summed E-state index contributed by atoms with van der Waals surface area (Å²) >= 11 is 0. The predicted molar refractivity (Wildman–Crippen MR) is 232 cm³/mol. The van der Waals surface area contributed by atoms with Crippen molar-refractivity contribution in [1.29, 1.82) is 0 Å². The van der Waals surface area contributed by atoms with Gasteiger partial charge in [0.25, 0.3) is 0 Å². The lowest BCUT2D eigenvalue weighted by Crippen LogP contribution is -2.00. The van der Waals surface area contributed by atoms with Gasteiger partial charge in [0, 0.05) is 22.5 Å². The average molecular weight is 689 g/mol. The van der Waals surface area contributed by atoms with Gasteiger partial charge >= 0.3 is 0 Å². The number of fused-ring (bicyclic) bond motifs is 4. The summed E-state index contributed by atoms with van der Waals surface area (Å²) in [5.41, 5.74) is 26.4. The predicted octanol–water partition coefficient (Wildman–Crippen LogP) is 13.8. The summed E-state index contributed by atoms with van der Waals surface area (Å²) in [5, 5.41) is 9.48. The Kier molecular flexibility index (Phi) is 7.49. The highest BCUT2D eigenvalue weighted by Crippen LogP contribution is 2.50. The maximum Gasteiger partial charge on any atom is 0.0400 e. The molecule has 0 atom stereocenters. The summed E-state index contributed by atoms with van der Waals surface area (Å²) < 4.78 is 0. The monoisotopic (exact) mass is 688 g/mol. The third kappa shape index (κ3) is 5.36. The number of rotatable bonds is 5. The first-order valence-corrected chi connectivity index (χ1v) is 18.4. The molecule has 0 amide bonds. The largest absolute Gasteiger partial charge is 0.398 e. The van der Waals surface area contributed by atoms with Crippen molar-refractivity contribution in [1.82, 2.24) is 0 Å². The van der Waals surface area contributed by atoms with Gasteiger partial charge in [-0.15, -0.1) is 0 Å². The minimum absolute atomic E-state index is 0.731. The molecule has 2 nitrogen and oxygen atoms in total. The third-order valence-electron chi connectivity index (χ3n) is 10.9. The van der Waals surface area contributed by atoms with Crippen LogP contribution < -0.4 is 11.5 Å². The SMILES string of the molecule is Nc1ccc(-c2ccc(N)c(-c3ccc4ccccc4c3)c2-c2ccc3ccccc3c2)c(-c2ccc3ccccc3c2)c1-c1ccc2ccccc2c1. The van der Waals surface area contributed by atoms with Gasteiger partial charge in [-0.05, 0) is 124 Å². The summed E-state index contributed by atoms with van der Waals surface area (Å²) in [6.07, 6.45) is 0. The fraction of sp³-hybridized carbons (Fsp3) is 0. The summed E-state index contributed by atoms with van der Waals surface area (Å²) in [5.74, 6) is 0. The fourth-order valence-corrected chi connectivity index (χ4v) is 8.29. The Bertz CT molecular complexity index is 2870. The van der Waals surface area contributed by atoms with Crippen molar-refractivity contribution in [2.75, 3.05) is 11.5 Å². The van der Waals surface area contributed by atoms with Gasteiger partial charge < -0.3 is 11.5 Å². The molecule has 0 aliphatic carbocycles. The van der Waals surface area contributed by atoms with E-state index in [1.165, 1.54) is 43.1 Å². The Morgan fingerprint density at radius 1 is 0.222 bits per heavy atom. The van der Waals surface area contributed by atoms with E-state index in [4.69, 9.17) is 11.5 Å². The van der Waals surface area contributed by atoms with E-state index < -0.39 is 0 Å². The van der Waals surface area contributed by atoms with E-state index in [0.29, 0.717) is 0 Å². The molecule has 0 spiro atoms. The van der Waals surface area contributed by atoms with Crippen molar-refractivity contribution in [3.8, 4) is 55.6 Å². The molecular formula is C52H36N2. The number of anilines is 2. The molecule has 0 aromatic heterocycles. The lowest BCUT2D eigenvalue weighted by molar-refractivity contribution is 1.55. The molecule has 0 heterocycles. The molecule has 10 rings (SSSR count). The first-order chi connectivity index (χ1) is 26.6. The standard InChI is InChI=1S/C52H36N2/c53-47-27-25-45(49(41-21-17-33-9-1-5-13-37(33)29-41)51(47)43-23-19-35-11-3-7-15-39(35)31-43)46-26-28-48(54)52(44-24-20-36-12-4-8-16-40(36)32-44)50(46)42-22-18-34-10-2-6-14-38(34)30-42/h1-32H,53-54H2. The van der Waals surface area contributed by atoms with Crippen molar-refractivity contribution in [3.05, 3.63) is 194 Å². The molecule has 0 saturated carbocycles. The van der Waals surface area contributed by atoms with Gasteiger partial charge in [-0.2, -0.15) is 0 Å². The van der Waals surface area contributed by atoms with Crippen LogP contribution in [0.3, 0.4) is 0 Å². The van der Waals surface area contributed by atoms with E-state index >= 15 is 0 Å². The van der Waals surface area contributed by atoms with Crippen molar-refractivity contribution in [2.24, 2.45) is 0 Å². The highest BCUT2D eigenvalue weighted by atomic mass is 14.6. The zero-order valence-electron chi connectivity index (χ0n) is 29.6. The first-order valence-electron chi connectivity index (χ1n) is 18.4. The van der Waals surface area contributed by atoms with Gasteiger partial charge in [-0.3, -0.25) is 0 Å². The molecule has 0 aliphatic heterocycles. The number of nitrogens with two attached hydrogens (primary N) is 2. The first kappa shape index (κ1) is 31.6. The number of hydrogen-bond donors (Lipinski definition) is 2. The molecule has 2 heteroatoms. The van der Waals surface area contributed by atoms with E-state index in [1.807, 2.05) is 0 Å². The van der Waals surface area contributed by atoms with Crippen LogP contribution in [0.2, 0.25) is 0 Å². The Balaban J connectivity index is 1.32. The van der Waals surface area contributed by atoms with Gasteiger partial charge in [-0.1, -0.05) is 158 Å². The molecule has 10 aromatic rings. The zero-order valence-corrected chi connectivity index (χ0v) is 29.6. The van der Waals surface area contributed by atoms with Crippen LogP contribution in [-0.4, -0.2) is 0 Å². The average Bonchev–Trinajstić information content (AvgIpc) is 3.23. The van der Waals surface area contributed by atoms with E-state index in [0.717, 1.165) is 67.0 Å². The van der Waals surface area contributed by atoms with Gasteiger partial charge in [0.05, 0.1) is 0 Å². The summed E-state index contributed by atoms with van der Waals surface area (Å²) in [6.45, 7) is 0. The molecule has 10 aromatic carbocycles. The van der Waals surface area contributed by atoms with Crippen LogP contribution in [0, 0.1) is 0 Å². The van der Waals surface area contributed by atoms with Gasteiger partial charge in [0.15, 0.2) is 0 Å². The Morgan fingerprint density at radius 3 is 0.778 bits per heavy atom. The molecular weight excluding hydrogens is 653 g/mol. The second kappa shape index (κ2) is 12.8. The quantitative estimate of drug-likeness (QED) is 0.177. The molecule has 0 aliphatic rings. The van der Waals surface area contributed by atoms with Crippen molar-refractivity contribution in [3.63, 3.8) is 0 Å². The maximum absolute atomic E-state index is 7.08. The van der Waals surface area contributed by atoms with Crippen LogP contribution >= 0.6 is 0 Å². The van der Waals surface area contributed by atoms with Crippen LogP contribution in [0.4, 0.5) is 11.4 Å². The summed E-state index contributed by atoms with van der Waals surface area (Å²) in [6, 6.07) is 69.5. The van der Waals surface area contributed by atoms with Crippen LogP contribution in [0.5, 0.6) is 0 Å². The lowest BCUT2D eigenvalue weighted by Gasteiger charge is -2.23. The van der Waals surface area contributed by atoms with Gasteiger partial charge in [-0.25, -0.2) is 0 Å². The van der Waals surface area contributed by atoms with Crippen molar-refractivity contribution < 1.29 is 0 Å². The minimum Gasteiger partial charge on any atom is -0.398 e. The molecule has 0 bridgehead atoms. The lowest BCUT2D eigenvalue weighted by atomic mass is 9.80. The Morgan fingerprint density at radius 2 is 0.481 bits per heavy atom. The summed E-state index contributed by atoms with van der Waals surface area (Å²) in [7, 11) is 0. The van der Waals surface area contributed by atoms with E-state index in [2.05, 4.69) is 194 Å². The van der Waals surface area contributed by atoms with Gasteiger partial charge in [0.1, 0.15) is 0 Å². The van der Waals surface area contributed by atoms with E-state index in [-0.39, 0.29) is 0 Å². The summed E-state index contributed by atoms with van der Waals surface area (Å²) in [4.78, 5) is 0. The second-order valence-electron chi connectivity index (χ2n) is 14.2. The molecule has 254 valence electrons. The molecule has 0 unspecified atom stereocenters. The fourth-order valence-electron chi connectivity index (χ4n) is 8.29.